The van der Waals surface area contributed by atoms with E-state index in [-0.39, 0.29) is 39.0 Å². The van der Waals surface area contributed by atoms with E-state index in [1.54, 1.807) is 22.1 Å². The van der Waals surface area contributed by atoms with Gasteiger partial charge in [0.05, 0.1) is 18.2 Å². The molecule has 2 saturated heterocycles. The van der Waals surface area contributed by atoms with E-state index >= 15 is 0 Å². The van der Waals surface area contributed by atoms with Gasteiger partial charge < -0.3 is 24.9 Å². The van der Waals surface area contributed by atoms with Crippen LogP contribution in [0, 0.1) is 24.3 Å². The van der Waals surface area contributed by atoms with Gasteiger partial charge in [-0.3, -0.25) is 19.7 Å². The molecular weight excluding hydrogens is 534 g/mol. The van der Waals surface area contributed by atoms with Crippen LogP contribution in [0.25, 0.3) is 11.0 Å². The topological polar surface area (TPSA) is 148 Å². The Morgan fingerprint density at radius 1 is 1.19 bits per heavy atom. The summed E-state index contributed by atoms with van der Waals surface area (Å²) in [6.07, 6.45) is 6.92. The molecule has 3 N–H and O–H groups in total. The lowest BCUT2D eigenvalue weighted by molar-refractivity contribution is -0.144. The van der Waals surface area contributed by atoms with Gasteiger partial charge in [-0.15, -0.1) is 13.2 Å². The average molecular weight is 584 g/mol. The molecule has 1 unspecified atom stereocenters. The van der Waals surface area contributed by atoms with Crippen molar-refractivity contribution >= 4 is 40.3 Å². The van der Waals surface area contributed by atoms with Gasteiger partial charge in [-0.2, -0.15) is 5.26 Å². The molecule has 2 aliphatic rings. The summed E-state index contributed by atoms with van der Waals surface area (Å²) in [6.45, 7) is 15.3. The number of rotatable bonds is 6. The molecule has 2 aromatic rings. The quantitative estimate of drug-likeness (QED) is 0.167. The summed E-state index contributed by atoms with van der Waals surface area (Å²) >= 11 is 0. The van der Waals surface area contributed by atoms with E-state index in [0.717, 1.165) is 48.8 Å². The second-order valence-corrected chi connectivity index (χ2v) is 10.1. The molecule has 1 atom stereocenters. The summed E-state index contributed by atoms with van der Waals surface area (Å²) < 4.78 is 5.43. The van der Waals surface area contributed by atoms with Crippen molar-refractivity contribution in [3.63, 3.8) is 0 Å². The van der Waals surface area contributed by atoms with E-state index in [0.29, 0.717) is 44.8 Å². The Hall–Kier alpha value is -4.33. The molecule has 11 nitrogen and oxygen atoms in total. The van der Waals surface area contributed by atoms with Crippen molar-refractivity contribution in [2.24, 2.45) is 16.6 Å². The Morgan fingerprint density at radius 3 is 2.62 bits per heavy atom. The van der Waals surface area contributed by atoms with E-state index in [4.69, 9.17) is 15.4 Å². The number of nitrogens with one attached hydrogen (secondary N) is 1. The van der Waals surface area contributed by atoms with Gasteiger partial charge in [0.2, 0.25) is 23.7 Å². The Bertz CT molecular complexity index is 1270. The number of aliphatic imine (C=N–C) groups is 1. The fourth-order valence-corrected chi connectivity index (χ4v) is 5.13. The highest BCUT2D eigenvalue weighted by atomic mass is 16.3. The molecule has 3 heterocycles. The number of nitrogens with two attached hydrogens (primary N) is 1. The predicted octanol–water partition coefficient (Wildman–Crippen LogP) is 4.55. The largest absolute Gasteiger partial charge is 0.461 e. The van der Waals surface area contributed by atoms with Crippen LogP contribution in [0.4, 0.5) is 5.69 Å². The van der Waals surface area contributed by atoms with Gasteiger partial charge in [0.25, 0.3) is 0 Å². The molecule has 42 heavy (non-hydrogen) atoms. The lowest BCUT2D eigenvalue weighted by Crippen LogP contribution is -2.49. The van der Waals surface area contributed by atoms with Crippen LogP contribution >= 0.6 is 0 Å². The number of hydrogen-bond donors (Lipinski definition) is 2. The zero-order valence-electron chi connectivity index (χ0n) is 25.2. The van der Waals surface area contributed by atoms with Gasteiger partial charge in [-0.25, -0.2) is 4.99 Å². The highest BCUT2D eigenvalue weighted by Gasteiger charge is 2.31. The Kier molecular flexibility index (Phi) is 14.1. The van der Waals surface area contributed by atoms with Crippen molar-refractivity contribution in [1.82, 2.24) is 20.0 Å². The van der Waals surface area contributed by atoms with Crippen molar-refractivity contribution < 1.29 is 21.7 Å². The van der Waals surface area contributed by atoms with Crippen LogP contribution in [-0.4, -0.2) is 77.6 Å². The molecule has 4 rings (SSSR count). The number of likely N-dealkylation sites (tertiary alicyclic amines) is 2. The van der Waals surface area contributed by atoms with Crippen molar-refractivity contribution in [2.75, 3.05) is 39.3 Å². The van der Waals surface area contributed by atoms with Crippen LogP contribution in [0.2, 0.25) is 0 Å². The third-order valence-corrected chi connectivity index (χ3v) is 7.25. The van der Waals surface area contributed by atoms with Crippen LogP contribution in [0.15, 0.2) is 46.8 Å². The highest BCUT2D eigenvalue weighted by Crippen LogP contribution is 2.24. The monoisotopic (exact) mass is 583 g/mol. The van der Waals surface area contributed by atoms with E-state index < -0.39 is 0 Å². The maximum absolute atomic E-state index is 12.6. The van der Waals surface area contributed by atoms with E-state index in [9.17, 15) is 14.4 Å². The first-order chi connectivity index (χ1) is 20.2. The van der Waals surface area contributed by atoms with Crippen LogP contribution in [0.5, 0.6) is 0 Å². The van der Waals surface area contributed by atoms with E-state index in [2.05, 4.69) is 23.5 Å². The SMILES string of the molecule is C=C.CCN(CC)C(=O)C1CCCN(C(=O)CN2CCCCCC2=O)C1.Cc1cc2cc(N=C(N)NC#N)ccc2o1.[HH].[HH]. The molecule has 0 bridgehead atoms. The van der Waals surface area contributed by atoms with Gasteiger partial charge in [0, 0.05) is 47.4 Å². The first kappa shape index (κ1) is 33.9. The molecule has 1 aromatic heterocycles. The predicted molar refractivity (Wildman–Crippen MR) is 169 cm³/mol. The van der Waals surface area contributed by atoms with Crippen LogP contribution < -0.4 is 11.1 Å². The number of benzene rings is 1. The number of guanidine groups is 1. The zero-order valence-corrected chi connectivity index (χ0v) is 25.2. The summed E-state index contributed by atoms with van der Waals surface area (Å²) in [5.74, 6) is 1.06. The second-order valence-electron chi connectivity index (χ2n) is 10.1. The number of fused-ring (bicyclic) bond motifs is 1. The molecule has 2 aliphatic heterocycles. The van der Waals surface area contributed by atoms with Crippen molar-refractivity contribution in [3.05, 3.63) is 43.2 Å². The Morgan fingerprint density at radius 2 is 1.93 bits per heavy atom. The number of carbonyl (C=O) groups excluding carboxylic acids is 3. The molecule has 0 saturated carbocycles. The van der Waals surface area contributed by atoms with Crippen molar-refractivity contribution in [2.45, 2.75) is 59.3 Å². The second kappa shape index (κ2) is 17.5. The zero-order chi connectivity index (χ0) is 31.1. The summed E-state index contributed by atoms with van der Waals surface area (Å²) in [4.78, 5) is 46.6. The fraction of sp³-hybridized carbons (Fsp3) is 0.516. The third kappa shape index (κ3) is 9.94. The third-order valence-electron chi connectivity index (χ3n) is 7.25. The molecule has 11 heteroatoms. The number of furan rings is 1. The summed E-state index contributed by atoms with van der Waals surface area (Å²) in [6, 6.07) is 7.36. The number of amides is 3. The number of piperidine rings is 1. The number of aryl methyl sites for hydroxylation is 1. The minimum absolute atomic E-state index is 0. The average Bonchev–Trinajstić information content (AvgIpc) is 3.25. The van der Waals surface area contributed by atoms with Gasteiger partial charge in [-0.05, 0) is 70.7 Å². The molecule has 2 fully saturated rings. The molecule has 3 amide bonds. The normalized spacial score (nSPS) is 17.1. The summed E-state index contributed by atoms with van der Waals surface area (Å²) in [5, 5.41) is 11.6. The first-order valence-electron chi connectivity index (χ1n) is 14.6. The molecule has 232 valence electrons. The molecule has 0 spiro atoms. The summed E-state index contributed by atoms with van der Waals surface area (Å²) in [5.41, 5.74) is 6.94. The van der Waals surface area contributed by atoms with Crippen LogP contribution in [-0.2, 0) is 14.4 Å². The first-order valence-corrected chi connectivity index (χ1v) is 14.6. The Balaban J connectivity index is 0.000000809. The maximum atomic E-state index is 12.6. The number of nitriles is 1. The number of nitrogens with zero attached hydrogens (tertiary/aromatic N) is 5. The minimum Gasteiger partial charge on any atom is -0.461 e. The van der Waals surface area contributed by atoms with Crippen LogP contribution in [0.1, 0.15) is 61.0 Å². The minimum atomic E-state index is -0.0950. The van der Waals surface area contributed by atoms with Crippen molar-refractivity contribution in [3.8, 4) is 6.19 Å². The van der Waals surface area contributed by atoms with Gasteiger partial charge in [0.15, 0.2) is 6.19 Å². The lowest BCUT2D eigenvalue weighted by Gasteiger charge is -2.35. The maximum Gasteiger partial charge on any atom is 0.242 e. The van der Waals surface area contributed by atoms with Gasteiger partial charge >= 0.3 is 0 Å². The van der Waals surface area contributed by atoms with Crippen LogP contribution in [0.3, 0.4) is 0 Å². The molecular formula is C31H49N7O4. The molecule has 0 aliphatic carbocycles. The number of carbonyl (C=O) groups is 3. The Labute approximate surface area is 252 Å². The smallest absolute Gasteiger partial charge is 0.242 e. The molecule has 0 radical (unpaired) electrons. The fourth-order valence-electron chi connectivity index (χ4n) is 5.13. The molecule has 1 aromatic carbocycles. The lowest BCUT2D eigenvalue weighted by atomic mass is 9.96. The van der Waals surface area contributed by atoms with Gasteiger partial charge in [-0.1, -0.05) is 6.42 Å². The highest BCUT2D eigenvalue weighted by molar-refractivity contribution is 5.87. The summed E-state index contributed by atoms with van der Waals surface area (Å²) in [7, 11) is 0. The van der Waals surface area contributed by atoms with Gasteiger partial charge in [0.1, 0.15) is 11.3 Å². The van der Waals surface area contributed by atoms with E-state index in [1.807, 2.05) is 43.9 Å². The van der Waals surface area contributed by atoms with Crippen molar-refractivity contribution in [1.29, 1.82) is 5.26 Å². The van der Waals surface area contributed by atoms with E-state index in [1.165, 1.54) is 0 Å². The number of hydrogen-bond acceptors (Lipinski definition) is 6. The standard InChI is InChI=1S/C18H31N3O3.C11H10N4O.C2H4.2H2/c1-3-19(4-2)18(24)15-9-8-12-20(13-15)17(23)14-21-11-7-5-6-10-16(21)22;1-7-4-8-5-9(2-3-10(8)16-7)15-11(13)14-6-12;1-2;;/h15H,3-14H2,1-2H3;2-5H,1H3,(H3,13,14,15);1-2H2;2*1H.